The lowest BCUT2D eigenvalue weighted by Gasteiger charge is -2.25. The molecular formula is C14H18Cl2FN5OS. The maximum absolute atomic E-state index is 12.8. The van der Waals surface area contributed by atoms with E-state index in [1.165, 1.54) is 35.6 Å². The molecule has 2 aromatic rings. The summed E-state index contributed by atoms with van der Waals surface area (Å²) in [5, 5.41) is 15.1. The first-order valence-corrected chi connectivity index (χ1v) is 7.85. The Bertz CT molecular complexity index is 649. The third-order valence-electron chi connectivity index (χ3n) is 3.33. The van der Waals surface area contributed by atoms with Crippen molar-refractivity contribution in [3.63, 3.8) is 0 Å². The number of aromatic nitrogens is 2. The van der Waals surface area contributed by atoms with E-state index < -0.39 is 0 Å². The Hall–Kier alpha value is -1.32. The second-order valence-electron chi connectivity index (χ2n) is 4.99. The Labute approximate surface area is 155 Å². The van der Waals surface area contributed by atoms with Gasteiger partial charge in [0.05, 0.1) is 6.54 Å². The number of rotatable bonds is 4. The summed E-state index contributed by atoms with van der Waals surface area (Å²) in [6, 6.07) is 5.61. The molecule has 10 heteroatoms. The van der Waals surface area contributed by atoms with E-state index in [2.05, 4.69) is 25.7 Å². The monoisotopic (exact) mass is 393 g/mol. The lowest BCUT2D eigenvalue weighted by atomic mass is 10.3. The summed E-state index contributed by atoms with van der Waals surface area (Å²) < 4.78 is 12.8. The van der Waals surface area contributed by atoms with Gasteiger partial charge in [0.1, 0.15) is 10.8 Å². The number of amides is 1. The molecule has 6 nitrogen and oxygen atoms in total. The maximum Gasteiger partial charge on any atom is 0.286 e. The zero-order chi connectivity index (χ0) is 15.4. The largest absolute Gasteiger partial charge is 0.320 e. The zero-order valence-corrected chi connectivity index (χ0v) is 15.1. The van der Waals surface area contributed by atoms with E-state index >= 15 is 0 Å². The van der Waals surface area contributed by atoms with Crippen molar-refractivity contribution in [2.45, 2.75) is 6.54 Å². The van der Waals surface area contributed by atoms with Crippen molar-refractivity contribution in [2.24, 2.45) is 0 Å². The third kappa shape index (κ3) is 5.64. The molecule has 0 atom stereocenters. The van der Waals surface area contributed by atoms with Crippen molar-refractivity contribution in [1.82, 2.24) is 20.4 Å². The SMILES string of the molecule is Cl.Cl.O=C(Nc1ccc(F)cc1)c1nnc(CN2CCNCC2)s1. The van der Waals surface area contributed by atoms with Crippen LogP contribution in [0.15, 0.2) is 24.3 Å². The molecule has 24 heavy (non-hydrogen) atoms. The predicted molar refractivity (Wildman–Crippen MR) is 96.9 cm³/mol. The second-order valence-corrected chi connectivity index (χ2v) is 6.05. The normalized spacial score (nSPS) is 14.4. The molecule has 132 valence electrons. The Morgan fingerprint density at radius 1 is 1.21 bits per heavy atom. The van der Waals surface area contributed by atoms with Gasteiger partial charge < -0.3 is 10.6 Å². The highest BCUT2D eigenvalue weighted by atomic mass is 35.5. The van der Waals surface area contributed by atoms with Crippen LogP contribution in [0.1, 0.15) is 14.8 Å². The topological polar surface area (TPSA) is 70.2 Å². The molecule has 1 aromatic heterocycles. The third-order valence-corrected chi connectivity index (χ3v) is 4.24. The number of nitrogens with zero attached hydrogens (tertiary/aromatic N) is 3. The van der Waals surface area contributed by atoms with Gasteiger partial charge in [0.2, 0.25) is 5.01 Å². The van der Waals surface area contributed by atoms with Gasteiger partial charge in [-0.2, -0.15) is 0 Å². The van der Waals surface area contributed by atoms with E-state index in [9.17, 15) is 9.18 Å². The van der Waals surface area contributed by atoms with Gasteiger partial charge in [-0.1, -0.05) is 11.3 Å². The standard InChI is InChI=1S/C14H16FN5OS.2ClH/c15-10-1-3-11(4-2-10)17-13(21)14-19-18-12(22-14)9-20-7-5-16-6-8-20;;/h1-4,16H,5-9H2,(H,17,21);2*1H. The molecule has 2 heterocycles. The maximum atomic E-state index is 12.8. The molecule has 2 N–H and O–H groups in total. The minimum atomic E-state index is -0.341. The highest BCUT2D eigenvalue weighted by Gasteiger charge is 2.16. The zero-order valence-electron chi connectivity index (χ0n) is 12.7. The Kier molecular flexibility index (Phi) is 8.51. The summed E-state index contributed by atoms with van der Waals surface area (Å²) in [5.74, 6) is -0.664. The van der Waals surface area contributed by atoms with Crippen LogP contribution in [0.4, 0.5) is 10.1 Å². The van der Waals surface area contributed by atoms with Crippen LogP contribution >= 0.6 is 36.2 Å². The van der Waals surface area contributed by atoms with E-state index in [0.29, 0.717) is 17.2 Å². The van der Waals surface area contributed by atoms with Gasteiger partial charge in [-0.15, -0.1) is 35.0 Å². The number of anilines is 1. The molecule has 0 spiro atoms. The van der Waals surface area contributed by atoms with E-state index in [-0.39, 0.29) is 36.5 Å². The lowest BCUT2D eigenvalue weighted by molar-refractivity contribution is 0.102. The number of carbonyl (C=O) groups excluding carboxylic acids is 1. The van der Waals surface area contributed by atoms with Crippen LogP contribution in [0.25, 0.3) is 0 Å². The molecule has 1 saturated heterocycles. The Balaban J connectivity index is 0.00000144. The average molecular weight is 394 g/mol. The average Bonchev–Trinajstić information content (AvgIpc) is 2.99. The van der Waals surface area contributed by atoms with Gasteiger partial charge in [0.25, 0.3) is 5.91 Å². The predicted octanol–water partition coefficient (Wildman–Crippen LogP) is 2.18. The fourth-order valence-corrected chi connectivity index (χ4v) is 2.96. The summed E-state index contributed by atoms with van der Waals surface area (Å²) in [4.78, 5) is 14.4. The van der Waals surface area contributed by atoms with Crippen LogP contribution in [0.5, 0.6) is 0 Å². The first kappa shape index (κ1) is 20.7. The number of hydrogen-bond acceptors (Lipinski definition) is 6. The Morgan fingerprint density at radius 3 is 2.54 bits per heavy atom. The van der Waals surface area contributed by atoms with Crippen molar-refractivity contribution in [3.05, 3.63) is 40.1 Å². The smallest absolute Gasteiger partial charge is 0.286 e. The van der Waals surface area contributed by atoms with E-state index in [0.717, 1.165) is 31.2 Å². The van der Waals surface area contributed by atoms with Crippen LogP contribution in [0, 0.1) is 5.82 Å². The van der Waals surface area contributed by atoms with Gasteiger partial charge in [0.15, 0.2) is 0 Å². The van der Waals surface area contributed by atoms with E-state index in [4.69, 9.17) is 0 Å². The second kappa shape index (κ2) is 9.85. The first-order valence-electron chi connectivity index (χ1n) is 7.03. The molecule has 1 aromatic carbocycles. The molecule has 1 aliphatic heterocycles. The van der Waals surface area contributed by atoms with Gasteiger partial charge in [-0.05, 0) is 24.3 Å². The van der Waals surface area contributed by atoms with Crippen LogP contribution < -0.4 is 10.6 Å². The van der Waals surface area contributed by atoms with Crippen molar-refractivity contribution in [1.29, 1.82) is 0 Å². The molecule has 0 aliphatic carbocycles. The minimum Gasteiger partial charge on any atom is -0.320 e. The number of nitrogens with one attached hydrogen (secondary N) is 2. The first-order chi connectivity index (χ1) is 10.7. The van der Waals surface area contributed by atoms with Gasteiger partial charge in [-0.3, -0.25) is 9.69 Å². The summed E-state index contributed by atoms with van der Waals surface area (Å²) in [6.07, 6.45) is 0. The van der Waals surface area contributed by atoms with Crippen LogP contribution in [0.3, 0.4) is 0 Å². The van der Waals surface area contributed by atoms with Crippen molar-refractivity contribution >= 4 is 47.7 Å². The van der Waals surface area contributed by atoms with Crippen molar-refractivity contribution in [2.75, 3.05) is 31.5 Å². The lowest BCUT2D eigenvalue weighted by Crippen LogP contribution is -2.42. The highest BCUT2D eigenvalue weighted by molar-refractivity contribution is 7.13. The summed E-state index contributed by atoms with van der Waals surface area (Å²) in [5.41, 5.74) is 0.533. The van der Waals surface area contributed by atoms with E-state index in [1.807, 2.05) is 0 Å². The van der Waals surface area contributed by atoms with Gasteiger partial charge in [0, 0.05) is 31.9 Å². The summed E-state index contributed by atoms with van der Waals surface area (Å²) >= 11 is 1.29. The van der Waals surface area contributed by atoms with Crippen LogP contribution in [-0.2, 0) is 6.54 Å². The fourth-order valence-electron chi connectivity index (χ4n) is 2.19. The summed E-state index contributed by atoms with van der Waals surface area (Å²) in [6.45, 7) is 4.59. The molecule has 0 radical (unpaired) electrons. The van der Waals surface area contributed by atoms with E-state index in [1.54, 1.807) is 0 Å². The number of benzene rings is 1. The molecular weight excluding hydrogens is 376 g/mol. The van der Waals surface area contributed by atoms with Crippen molar-refractivity contribution < 1.29 is 9.18 Å². The van der Waals surface area contributed by atoms with Gasteiger partial charge in [-0.25, -0.2) is 4.39 Å². The molecule has 1 fully saturated rings. The van der Waals surface area contributed by atoms with Crippen LogP contribution in [0.2, 0.25) is 0 Å². The molecule has 0 bridgehead atoms. The molecule has 1 amide bonds. The molecule has 1 aliphatic rings. The number of piperazine rings is 1. The summed E-state index contributed by atoms with van der Waals surface area (Å²) in [7, 11) is 0. The quantitative estimate of drug-likeness (QED) is 0.832. The number of hydrogen-bond donors (Lipinski definition) is 2. The molecule has 3 rings (SSSR count). The van der Waals surface area contributed by atoms with Gasteiger partial charge >= 0.3 is 0 Å². The minimum absolute atomic E-state index is 0. The Morgan fingerprint density at radius 2 is 1.88 bits per heavy atom. The van der Waals surface area contributed by atoms with Crippen LogP contribution in [-0.4, -0.2) is 47.2 Å². The molecule has 0 saturated carbocycles. The van der Waals surface area contributed by atoms with Crippen molar-refractivity contribution in [3.8, 4) is 0 Å². The number of halogens is 3. The fraction of sp³-hybridized carbons (Fsp3) is 0.357. The molecule has 0 unspecified atom stereocenters. The number of carbonyl (C=O) groups is 1. The highest BCUT2D eigenvalue weighted by Crippen LogP contribution is 2.15.